The summed E-state index contributed by atoms with van der Waals surface area (Å²) in [7, 11) is 1.33. The van der Waals surface area contributed by atoms with Crippen molar-refractivity contribution in [3.63, 3.8) is 0 Å². The van der Waals surface area contributed by atoms with Crippen LogP contribution in [-0.2, 0) is 25.3 Å². The number of carbonyl (C=O) groups excluding carboxylic acids is 1. The van der Waals surface area contributed by atoms with Crippen molar-refractivity contribution < 1.29 is 22.4 Å². The number of urea groups is 1. The van der Waals surface area contributed by atoms with Crippen molar-refractivity contribution in [2.75, 3.05) is 26.2 Å². The number of amides is 2. The van der Waals surface area contributed by atoms with Crippen LogP contribution in [-0.4, -0.2) is 67.0 Å². The number of hydrogen-bond acceptors (Lipinski definition) is 4. The minimum atomic E-state index is -4.40. The van der Waals surface area contributed by atoms with Crippen LogP contribution in [0, 0.1) is 16.7 Å². The summed E-state index contributed by atoms with van der Waals surface area (Å²) in [4.78, 5) is 21.1. The van der Waals surface area contributed by atoms with E-state index in [0.29, 0.717) is 32.4 Å². The second-order valence-corrected chi connectivity index (χ2v) is 12.2. The Balaban J connectivity index is 0.862. The summed E-state index contributed by atoms with van der Waals surface area (Å²) in [5, 5.41) is 10.8. The summed E-state index contributed by atoms with van der Waals surface area (Å²) in [5.74, 6) is 1.51. The molecule has 2 aromatic heterocycles. The number of alkyl halides is 4. The summed E-state index contributed by atoms with van der Waals surface area (Å²) in [6, 6.07) is 0.0693. The predicted molar refractivity (Wildman–Crippen MR) is 118 cm³/mol. The molecule has 2 amide bonds. The third-order valence-electron chi connectivity index (χ3n) is 9.22. The third kappa shape index (κ3) is 3.38. The molecule has 0 aromatic carbocycles. The van der Waals surface area contributed by atoms with Gasteiger partial charge in [-0.15, -0.1) is 0 Å². The standard InChI is InChI=1S/C24H29F4N7O/c1-33-17(24(26,27)28)15(9-29-33)4-14-5-21(6-14)10-34(11-21)20(36)35-12-22(13-35)7-16(8-22)18-30-19(32-31-18)23(25)2-3-23/h9,14,16H,2-8,10-13H2,1H3,(H,30,31,32). The van der Waals surface area contributed by atoms with E-state index >= 15 is 0 Å². The molecule has 0 unspecified atom stereocenters. The van der Waals surface area contributed by atoms with Gasteiger partial charge >= 0.3 is 12.2 Å². The van der Waals surface area contributed by atoms with Gasteiger partial charge in [-0.1, -0.05) is 0 Å². The Morgan fingerprint density at radius 1 is 1.08 bits per heavy atom. The maximum atomic E-state index is 14.1. The molecule has 3 aliphatic carbocycles. The van der Waals surface area contributed by atoms with E-state index in [-0.39, 0.29) is 40.1 Å². The van der Waals surface area contributed by atoms with Gasteiger partial charge in [-0.05, 0) is 50.9 Å². The summed E-state index contributed by atoms with van der Waals surface area (Å²) < 4.78 is 55.0. The van der Waals surface area contributed by atoms with Crippen molar-refractivity contribution >= 4 is 6.03 Å². The number of rotatable bonds is 4. The number of H-pyrrole nitrogens is 1. The number of hydrogen-bond donors (Lipinski definition) is 1. The van der Waals surface area contributed by atoms with E-state index in [2.05, 4.69) is 20.3 Å². The Hall–Kier alpha value is -2.66. The number of halogens is 4. The normalized spacial score (nSPS) is 25.9. The Morgan fingerprint density at radius 2 is 1.69 bits per heavy atom. The van der Waals surface area contributed by atoms with Crippen molar-refractivity contribution in [3.8, 4) is 0 Å². The van der Waals surface area contributed by atoms with Gasteiger partial charge in [0.25, 0.3) is 0 Å². The van der Waals surface area contributed by atoms with Crippen LogP contribution in [0.3, 0.4) is 0 Å². The fourth-order valence-corrected chi connectivity index (χ4v) is 7.30. The number of aromatic amines is 1. The maximum absolute atomic E-state index is 14.1. The molecular formula is C24H29F4N7O. The van der Waals surface area contributed by atoms with E-state index in [4.69, 9.17) is 0 Å². The number of nitrogens with zero attached hydrogens (tertiary/aromatic N) is 6. The number of nitrogens with one attached hydrogen (secondary N) is 1. The Labute approximate surface area is 205 Å². The second kappa shape index (κ2) is 7.00. The first kappa shape index (κ1) is 22.5. The molecule has 5 aliphatic rings. The van der Waals surface area contributed by atoms with Gasteiger partial charge in [-0.25, -0.2) is 14.2 Å². The number of aryl methyl sites for hydroxylation is 1. The summed E-state index contributed by atoms with van der Waals surface area (Å²) in [6.45, 7) is 2.87. The molecule has 7 rings (SSSR count). The quantitative estimate of drug-likeness (QED) is 0.639. The zero-order valence-electron chi connectivity index (χ0n) is 20.1. The minimum Gasteiger partial charge on any atom is -0.323 e. The zero-order chi connectivity index (χ0) is 25.1. The number of likely N-dealkylation sites (tertiary alicyclic amines) is 2. The molecule has 0 radical (unpaired) electrons. The van der Waals surface area contributed by atoms with Crippen LogP contribution in [0.15, 0.2) is 6.20 Å². The van der Waals surface area contributed by atoms with Gasteiger partial charge in [0.2, 0.25) is 0 Å². The van der Waals surface area contributed by atoms with Crippen molar-refractivity contribution in [1.82, 2.24) is 34.8 Å². The van der Waals surface area contributed by atoms with E-state index in [0.717, 1.165) is 49.3 Å². The Kier molecular flexibility index (Phi) is 4.38. The lowest BCUT2D eigenvalue weighted by atomic mass is 9.56. The molecule has 0 atom stereocenters. The van der Waals surface area contributed by atoms with Crippen LogP contribution in [0.2, 0.25) is 0 Å². The smallest absolute Gasteiger partial charge is 0.323 e. The highest BCUT2D eigenvalue weighted by Crippen LogP contribution is 2.58. The summed E-state index contributed by atoms with van der Waals surface area (Å²) in [5.41, 5.74) is -1.50. The molecular weight excluding hydrogens is 478 g/mol. The highest BCUT2D eigenvalue weighted by molar-refractivity contribution is 5.77. The SMILES string of the molecule is Cn1ncc(CC2CC3(C2)CN(C(=O)N2CC4(CC(c5nc(C6(F)CC6)n[nH]5)C4)C2)C3)c1C(F)(F)F. The third-order valence-corrected chi connectivity index (χ3v) is 9.22. The number of carbonyl (C=O) groups is 1. The Bertz CT molecular complexity index is 1200. The molecule has 8 nitrogen and oxygen atoms in total. The first-order valence-corrected chi connectivity index (χ1v) is 12.7. The zero-order valence-corrected chi connectivity index (χ0v) is 20.1. The average Bonchev–Trinajstić information content (AvgIpc) is 3.09. The first-order chi connectivity index (χ1) is 17.0. The van der Waals surface area contributed by atoms with Gasteiger partial charge in [0, 0.05) is 55.5 Å². The van der Waals surface area contributed by atoms with E-state index in [1.165, 1.54) is 13.2 Å². The van der Waals surface area contributed by atoms with E-state index in [1.807, 2.05) is 9.80 Å². The van der Waals surface area contributed by atoms with Crippen LogP contribution in [0.5, 0.6) is 0 Å². The van der Waals surface area contributed by atoms with Gasteiger partial charge in [0.1, 0.15) is 11.5 Å². The Morgan fingerprint density at radius 3 is 2.28 bits per heavy atom. The molecule has 2 aromatic rings. The molecule has 194 valence electrons. The first-order valence-electron chi connectivity index (χ1n) is 12.7. The molecule has 3 saturated carbocycles. The molecule has 0 bridgehead atoms. The van der Waals surface area contributed by atoms with Crippen LogP contribution < -0.4 is 0 Å². The molecule has 4 heterocycles. The molecule has 2 spiro atoms. The fraction of sp³-hybridized carbons (Fsp3) is 0.750. The van der Waals surface area contributed by atoms with Gasteiger partial charge < -0.3 is 9.80 Å². The predicted octanol–water partition coefficient (Wildman–Crippen LogP) is 3.77. The van der Waals surface area contributed by atoms with Crippen LogP contribution in [0.4, 0.5) is 22.4 Å². The lowest BCUT2D eigenvalue weighted by molar-refractivity contribution is -0.144. The van der Waals surface area contributed by atoms with Crippen molar-refractivity contribution in [2.45, 2.75) is 62.7 Å². The van der Waals surface area contributed by atoms with Crippen LogP contribution >= 0.6 is 0 Å². The van der Waals surface area contributed by atoms with Crippen molar-refractivity contribution in [2.24, 2.45) is 23.8 Å². The number of aromatic nitrogens is 5. The van der Waals surface area contributed by atoms with Gasteiger partial charge in [-0.2, -0.15) is 23.4 Å². The lowest BCUT2D eigenvalue weighted by Crippen LogP contribution is -2.71. The van der Waals surface area contributed by atoms with E-state index < -0.39 is 17.5 Å². The van der Waals surface area contributed by atoms with Crippen molar-refractivity contribution in [3.05, 3.63) is 29.1 Å². The van der Waals surface area contributed by atoms with E-state index in [9.17, 15) is 22.4 Å². The van der Waals surface area contributed by atoms with Crippen LogP contribution in [0.1, 0.15) is 67.3 Å². The summed E-state index contributed by atoms with van der Waals surface area (Å²) in [6.07, 6.45) is 1.89. The van der Waals surface area contributed by atoms with Gasteiger partial charge in [-0.3, -0.25) is 9.78 Å². The monoisotopic (exact) mass is 507 g/mol. The van der Waals surface area contributed by atoms with Gasteiger partial charge in [0.15, 0.2) is 11.5 Å². The fourth-order valence-electron chi connectivity index (χ4n) is 7.30. The summed E-state index contributed by atoms with van der Waals surface area (Å²) >= 11 is 0. The highest BCUT2D eigenvalue weighted by atomic mass is 19.4. The maximum Gasteiger partial charge on any atom is 0.433 e. The molecule has 2 saturated heterocycles. The van der Waals surface area contributed by atoms with Gasteiger partial charge in [0.05, 0.1) is 6.20 Å². The van der Waals surface area contributed by atoms with Crippen LogP contribution in [0.25, 0.3) is 0 Å². The molecule has 36 heavy (non-hydrogen) atoms. The topological polar surface area (TPSA) is 82.9 Å². The molecule has 1 N–H and O–H groups in total. The minimum absolute atomic E-state index is 0.0693. The molecule has 12 heteroatoms. The van der Waals surface area contributed by atoms with Crippen molar-refractivity contribution in [1.29, 1.82) is 0 Å². The molecule has 2 aliphatic heterocycles. The molecule has 5 fully saturated rings. The average molecular weight is 508 g/mol. The highest BCUT2D eigenvalue weighted by Gasteiger charge is 2.59. The second-order valence-electron chi connectivity index (χ2n) is 12.2. The largest absolute Gasteiger partial charge is 0.433 e. The lowest BCUT2D eigenvalue weighted by Gasteiger charge is -2.63. The van der Waals surface area contributed by atoms with E-state index in [1.54, 1.807) is 0 Å².